The zero-order valence-corrected chi connectivity index (χ0v) is 13.9. The Morgan fingerprint density at radius 1 is 0.870 bits per heavy atom. The van der Waals surface area contributed by atoms with Crippen molar-refractivity contribution in [3.05, 3.63) is 47.0 Å². The van der Waals surface area contributed by atoms with Crippen LogP contribution in [-0.4, -0.2) is 24.4 Å². The summed E-state index contributed by atoms with van der Waals surface area (Å²) in [5.41, 5.74) is 3.11. The van der Waals surface area contributed by atoms with E-state index in [0.717, 1.165) is 19.3 Å². The van der Waals surface area contributed by atoms with E-state index in [0.29, 0.717) is 23.5 Å². The van der Waals surface area contributed by atoms with Crippen LogP contribution in [-0.2, 0) is 12.8 Å². The van der Waals surface area contributed by atoms with Crippen LogP contribution < -0.4 is 9.47 Å². The minimum Gasteiger partial charge on any atom is -0.504 e. The van der Waals surface area contributed by atoms with Gasteiger partial charge in [-0.1, -0.05) is 24.3 Å². The van der Waals surface area contributed by atoms with Gasteiger partial charge in [-0.05, 0) is 43.7 Å². The number of unbranched alkanes of at least 4 members (excludes halogenated alkanes) is 1. The number of phenols is 2. The number of ether oxygens (including phenoxy) is 2. The number of aryl methyl sites for hydroxylation is 2. The second kappa shape index (κ2) is 7.77. The van der Waals surface area contributed by atoms with Crippen LogP contribution in [0.2, 0.25) is 0 Å². The Balaban J connectivity index is 2.04. The molecular weight excluding hydrogens is 292 g/mol. The number of benzene rings is 2. The summed E-state index contributed by atoms with van der Waals surface area (Å²) in [6.07, 6.45) is 3.38. The predicted octanol–water partition coefficient (Wildman–Crippen LogP) is 3.99. The predicted molar refractivity (Wildman–Crippen MR) is 90.7 cm³/mol. The van der Waals surface area contributed by atoms with Gasteiger partial charge in [0.15, 0.2) is 23.0 Å². The van der Waals surface area contributed by atoms with Gasteiger partial charge in [-0.25, -0.2) is 0 Å². The fourth-order valence-electron chi connectivity index (χ4n) is 2.72. The van der Waals surface area contributed by atoms with Crippen LogP contribution in [0.1, 0.15) is 29.5 Å². The molecule has 0 amide bonds. The molecule has 0 fully saturated rings. The van der Waals surface area contributed by atoms with Gasteiger partial charge in [0, 0.05) is 11.6 Å². The quantitative estimate of drug-likeness (QED) is 0.758. The second-order valence-electron chi connectivity index (χ2n) is 5.59. The third-order valence-electron chi connectivity index (χ3n) is 4.12. The summed E-state index contributed by atoms with van der Waals surface area (Å²) in [4.78, 5) is 0. The Labute approximate surface area is 137 Å². The second-order valence-corrected chi connectivity index (χ2v) is 5.59. The topological polar surface area (TPSA) is 58.9 Å². The molecule has 2 rings (SSSR count). The van der Waals surface area contributed by atoms with E-state index in [1.807, 2.05) is 12.1 Å². The van der Waals surface area contributed by atoms with Crippen molar-refractivity contribution in [2.45, 2.75) is 32.6 Å². The molecule has 2 N–H and O–H groups in total. The lowest BCUT2D eigenvalue weighted by molar-refractivity contribution is 0.341. The number of aromatic hydroxyl groups is 2. The van der Waals surface area contributed by atoms with E-state index in [1.54, 1.807) is 0 Å². The number of methoxy groups -OCH3 is 2. The Kier molecular flexibility index (Phi) is 5.74. The van der Waals surface area contributed by atoms with Gasteiger partial charge >= 0.3 is 0 Å². The first-order valence-electron chi connectivity index (χ1n) is 7.78. The number of phenolic OH excluding ortho intramolecular Hbond substituents is 2. The average molecular weight is 316 g/mol. The molecule has 4 nitrogen and oxygen atoms in total. The highest BCUT2D eigenvalue weighted by Crippen LogP contribution is 2.43. The highest BCUT2D eigenvalue weighted by Gasteiger charge is 2.18. The summed E-state index contributed by atoms with van der Waals surface area (Å²) < 4.78 is 10.3. The lowest BCUT2D eigenvalue weighted by Gasteiger charge is -2.14. The number of rotatable bonds is 7. The molecule has 0 saturated heterocycles. The zero-order chi connectivity index (χ0) is 16.8. The van der Waals surface area contributed by atoms with Crippen LogP contribution in [0.5, 0.6) is 23.0 Å². The fourth-order valence-corrected chi connectivity index (χ4v) is 2.72. The largest absolute Gasteiger partial charge is 0.504 e. The van der Waals surface area contributed by atoms with Crippen LogP contribution in [0.4, 0.5) is 0 Å². The van der Waals surface area contributed by atoms with E-state index < -0.39 is 0 Å². The molecule has 0 saturated carbocycles. The standard InChI is InChI=1S/C19H24O4/c1-13-8-4-5-9-14(13)10-6-7-11-15-18(20)16(22-2)12-17(23-3)19(15)21/h4-5,8-9,12,20-21H,6-7,10-11H2,1-3H3. The fraction of sp³-hybridized carbons (Fsp3) is 0.368. The van der Waals surface area contributed by atoms with E-state index in [9.17, 15) is 10.2 Å². The van der Waals surface area contributed by atoms with Crippen molar-refractivity contribution < 1.29 is 19.7 Å². The Morgan fingerprint density at radius 2 is 1.43 bits per heavy atom. The maximum absolute atomic E-state index is 10.2. The molecule has 0 radical (unpaired) electrons. The molecule has 2 aromatic carbocycles. The third kappa shape index (κ3) is 3.89. The summed E-state index contributed by atoms with van der Waals surface area (Å²) in [5.74, 6) is 0.602. The van der Waals surface area contributed by atoms with Crippen molar-refractivity contribution in [3.8, 4) is 23.0 Å². The lowest BCUT2D eigenvalue weighted by Crippen LogP contribution is -1.96. The number of hydrogen-bond donors (Lipinski definition) is 2. The molecule has 0 aliphatic carbocycles. The van der Waals surface area contributed by atoms with Crippen molar-refractivity contribution in [1.29, 1.82) is 0 Å². The minimum atomic E-state index is -0.0123. The van der Waals surface area contributed by atoms with Gasteiger partial charge < -0.3 is 19.7 Å². The molecule has 0 bridgehead atoms. The minimum absolute atomic E-state index is 0.0123. The maximum Gasteiger partial charge on any atom is 0.164 e. The van der Waals surface area contributed by atoms with E-state index in [1.165, 1.54) is 31.4 Å². The lowest BCUT2D eigenvalue weighted by atomic mass is 9.99. The number of hydrogen-bond acceptors (Lipinski definition) is 4. The van der Waals surface area contributed by atoms with Gasteiger partial charge in [0.1, 0.15) is 0 Å². The van der Waals surface area contributed by atoms with Crippen LogP contribution in [0.15, 0.2) is 30.3 Å². The van der Waals surface area contributed by atoms with Crippen molar-refractivity contribution in [2.75, 3.05) is 14.2 Å². The third-order valence-corrected chi connectivity index (χ3v) is 4.12. The van der Waals surface area contributed by atoms with Gasteiger partial charge in [-0.3, -0.25) is 0 Å². The van der Waals surface area contributed by atoms with Gasteiger partial charge in [0.05, 0.1) is 14.2 Å². The molecular formula is C19H24O4. The SMILES string of the molecule is COc1cc(OC)c(O)c(CCCCc2ccccc2C)c1O. The molecule has 0 aromatic heterocycles. The van der Waals surface area contributed by atoms with Crippen molar-refractivity contribution >= 4 is 0 Å². The summed E-state index contributed by atoms with van der Waals surface area (Å²) in [7, 11) is 2.96. The van der Waals surface area contributed by atoms with Crippen LogP contribution >= 0.6 is 0 Å². The summed E-state index contributed by atoms with van der Waals surface area (Å²) in [6, 6.07) is 9.82. The first-order valence-corrected chi connectivity index (χ1v) is 7.78. The highest BCUT2D eigenvalue weighted by atomic mass is 16.5. The molecule has 0 atom stereocenters. The van der Waals surface area contributed by atoms with Crippen molar-refractivity contribution in [3.63, 3.8) is 0 Å². The van der Waals surface area contributed by atoms with E-state index in [-0.39, 0.29) is 11.5 Å². The molecule has 124 valence electrons. The molecule has 23 heavy (non-hydrogen) atoms. The monoisotopic (exact) mass is 316 g/mol. The molecule has 2 aromatic rings. The highest BCUT2D eigenvalue weighted by molar-refractivity contribution is 5.59. The maximum atomic E-state index is 10.2. The first-order chi connectivity index (χ1) is 11.1. The zero-order valence-electron chi connectivity index (χ0n) is 13.9. The molecule has 0 heterocycles. The summed E-state index contributed by atoms with van der Waals surface area (Å²) in [6.45, 7) is 2.11. The summed E-state index contributed by atoms with van der Waals surface area (Å²) in [5, 5.41) is 20.4. The Hall–Kier alpha value is -2.36. The Morgan fingerprint density at radius 3 is 2.00 bits per heavy atom. The normalized spacial score (nSPS) is 10.6. The molecule has 0 aliphatic heterocycles. The van der Waals surface area contributed by atoms with Gasteiger partial charge in [-0.15, -0.1) is 0 Å². The molecule has 0 aliphatic rings. The van der Waals surface area contributed by atoms with Gasteiger partial charge in [-0.2, -0.15) is 0 Å². The van der Waals surface area contributed by atoms with Crippen LogP contribution in [0.3, 0.4) is 0 Å². The molecule has 0 unspecified atom stereocenters. The van der Waals surface area contributed by atoms with Crippen molar-refractivity contribution in [1.82, 2.24) is 0 Å². The Bertz CT molecular complexity index is 636. The van der Waals surface area contributed by atoms with E-state index in [2.05, 4.69) is 19.1 Å². The van der Waals surface area contributed by atoms with E-state index >= 15 is 0 Å². The smallest absolute Gasteiger partial charge is 0.164 e. The van der Waals surface area contributed by atoms with Crippen LogP contribution in [0.25, 0.3) is 0 Å². The summed E-state index contributed by atoms with van der Waals surface area (Å²) >= 11 is 0. The molecule has 4 heteroatoms. The van der Waals surface area contributed by atoms with Gasteiger partial charge in [0.2, 0.25) is 0 Å². The van der Waals surface area contributed by atoms with E-state index in [4.69, 9.17) is 9.47 Å². The van der Waals surface area contributed by atoms with Crippen LogP contribution in [0, 0.1) is 6.92 Å². The van der Waals surface area contributed by atoms with Crippen molar-refractivity contribution in [2.24, 2.45) is 0 Å². The van der Waals surface area contributed by atoms with Gasteiger partial charge in [0.25, 0.3) is 0 Å². The molecule has 0 spiro atoms. The first kappa shape index (κ1) is 17.0. The average Bonchev–Trinajstić information content (AvgIpc) is 2.56.